The molecule has 1 fully saturated rings. The molecule has 17 heavy (non-hydrogen) atoms. The Labute approximate surface area is 99.0 Å². The number of hydrogen-bond donors (Lipinski definition) is 1. The number of aromatic nitrogens is 1. The van der Waals surface area contributed by atoms with E-state index in [2.05, 4.69) is 0 Å². The van der Waals surface area contributed by atoms with E-state index in [-0.39, 0.29) is 5.76 Å². The van der Waals surface area contributed by atoms with Crippen LogP contribution in [-0.2, 0) is 13.5 Å². The molecule has 0 radical (unpaired) electrons. The summed E-state index contributed by atoms with van der Waals surface area (Å²) in [5, 5.41) is 0. The molecule has 0 atom stereocenters. The normalized spacial score (nSPS) is 23.9. The molecule has 1 heterocycles. The van der Waals surface area contributed by atoms with Gasteiger partial charge in [-0.05, 0) is 42.9 Å². The van der Waals surface area contributed by atoms with Crippen molar-refractivity contribution >= 4 is 11.1 Å². The summed E-state index contributed by atoms with van der Waals surface area (Å²) in [5.41, 5.74) is 8.57. The van der Waals surface area contributed by atoms with Gasteiger partial charge in [-0.3, -0.25) is 4.57 Å². The van der Waals surface area contributed by atoms with Gasteiger partial charge >= 0.3 is 5.76 Å². The molecule has 2 aromatic rings. The minimum atomic E-state index is -0.303. The number of rotatable bonds is 2. The Morgan fingerprint density at radius 1 is 1.47 bits per heavy atom. The number of fused-ring (bicyclic) bond motifs is 1. The van der Waals surface area contributed by atoms with Crippen LogP contribution < -0.4 is 11.5 Å². The lowest BCUT2D eigenvalue weighted by Gasteiger charge is -2.32. The Hall–Kier alpha value is -1.55. The van der Waals surface area contributed by atoms with Gasteiger partial charge in [-0.1, -0.05) is 6.07 Å². The van der Waals surface area contributed by atoms with E-state index in [9.17, 15) is 4.79 Å². The molecule has 2 N–H and O–H groups in total. The average Bonchev–Trinajstić information content (AvgIpc) is 2.54. The molecule has 1 aliphatic carbocycles. The summed E-state index contributed by atoms with van der Waals surface area (Å²) in [6, 6.07) is 6.35. The first kappa shape index (κ1) is 10.6. The minimum absolute atomic E-state index is 0.303. The van der Waals surface area contributed by atoms with Gasteiger partial charge in [-0.2, -0.15) is 0 Å². The number of aryl methyl sites for hydroxylation is 1. The van der Waals surface area contributed by atoms with E-state index in [1.807, 2.05) is 18.2 Å². The molecule has 1 aromatic carbocycles. The Balaban J connectivity index is 1.90. The van der Waals surface area contributed by atoms with E-state index in [0.29, 0.717) is 17.5 Å². The van der Waals surface area contributed by atoms with Crippen LogP contribution in [0.1, 0.15) is 18.4 Å². The molecular formula is C13H16N2O2. The van der Waals surface area contributed by atoms with Gasteiger partial charge in [-0.15, -0.1) is 0 Å². The van der Waals surface area contributed by atoms with Crippen LogP contribution in [0.4, 0.5) is 0 Å². The predicted molar refractivity (Wildman–Crippen MR) is 65.9 cm³/mol. The first-order chi connectivity index (χ1) is 8.13. The second kappa shape index (κ2) is 3.74. The van der Waals surface area contributed by atoms with Gasteiger partial charge in [0.1, 0.15) is 0 Å². The third kappa shape index (κ3) is 1.78. The van der Waals surface area contributed by atoms with E-state index < -0.39 is 0 Å². The van der Waals surface area contributed by atoms with Gasteiger partial charge in [0.2, 0.25) is 0 Å². The molecule has 1 aliphatic rings. The van der Waals surface area contributed by atoms with Crippen LogP contribution in [0.2, 0.25) is 0 Å². The van der Waals surface area contributed by atoms with Crippen LogP contribution in [0.3, 0.4) is 0 Å². The monoisotopic (exact) mass is 232 g/mol. The summed E-state index contributed by atoms with van der Waals surface area (Å²) in [4.78, 5) is 11.4. The highest BCUT2D eigenvalue weighted by Crippen LogP contribution is 2.29. The lowest BCUT2D eigenvalue weighted by Crippen LogP contribution is -2.37. The van der Waals surface area contributed by atoms with Crippen molar-refractivity contribution in [2.75, 3.05) is 0 Å². The third-order valence-corrected chi connectivity index (χ3v) is 3.65. The average molecular weight is 232 g/mol. The highest BCUT2D eigenvalue weighted by molar-refractivity contribution is 5.73. The van der Waals surface area contributed by atoms with Gasteiger partial charge in [0, 0.05) is 13.1 Å². The SMILES string of the molecule is Cn1c(=O)oc2ccc(CC3CC(N)C3)cc21. The van der Waals surface area contributed by atoms with Crippen LogP contribution in [0.5, 0.6) is 0 Å². The highest BCUT2D eigenvalue weighted by Gasteiger charge is 2.25. The zero-order valence-electron chi connectivity index (χ0n) is 9.85. The zero-order valence-corrected chi connectivity index (χ0v) is 9.85. The Bertz CT molecular complexity index is 605. The van der Waals surface area contributed by atoms with Crippen molar-refractivity contribution in [3.8, 4) is 0 Å². The summed E-state index contributed by atoms with van der Waals surface area (Å²) >= 11 is 0. The zero-order chi connectivity index (χ0) is 12.0. The van der Waals surface area contributed by atoms with Crippen molar-refractivity contribution < 1.29 is 4.42 Å². The van der Waals surface area contributed by atoms with Crippen molar-refractivity contribution in [3.05, 3.63) is 34.3 Å². The van der Waals surface area contributed by atoms with E-state index in [1.54, 1.807) is 11.6 Å². The summed E-state index contributed by atoms with van der Waals surface area (Å²) in [7, 11) is 1.73. The molecular weight excluding hydrogens is 216 g/mol. The summed E-state index contributed by atoms with van der Waals surface area (Å²) in [5.74, 6) is 0.397. The first-order valence-corrected chi connectivity index (χ1v) is 5.97. The predicted octanol–water partition coefficient (Wildman–Crippen LogP) is 1.41. The van der Waals surface area contributed by atoms with Gasteiger partial charge < -0.3 is 10.2 Å². The fourth-order valence-corrected chi connectivity index (χ4v) is 2.59. The quantitative estimate of drug-likeness (QED) is 0.851. The van der Waals surface area contributed by atoms with Gasteiger partial charge in [0.05, 0.1) is 5.52 Å². The summed E-state index contributed by atoms with van der Waals surface area (Å²) in [6.07, 6.45) is 3.27. The fourth-order valence-electron chi connectivity index (χ4n) is 2.59. The second-order valence-electron chi connectivity index (χ2n) is 5.03. The number of benzene rings is 1. The standard InChI is InChI=1S/C13H16N2O2/c1-15-11-7-8(4-9-5-10(14)6-9)2-3-12(11)17-13(15)16/h2-3,7,9-10H,4-6,14H2,1H3. The molecule has 1 aromatic heterocycles. The molecule has 90 valence electrons. The first-order valence-electron chi connectivity index (χ1n) is 5.97. The largest absolute Gasteiger partial charge is 0.419 e. The number of oxazole rings is 1. The third-order valence-electron chi connectivity index (χ3n) is 3.65. The highest BCUT2D eigenvalue weighted by atomic mass is 16.4. The molecule has 3 rings (SSSR count). The van der Waals surface area contributed by atoms with Crippen molar-refractivity contribution in [1.29, 1.82) is 0 Å². The number of nitrogens with two attached hydrogens (primary N) is 1. The molecule has 0 saturated heterocycles. The van der Waals surface area contributed by atoms with Crippen molar-refractivity contribution in [1.82, 2.24) is 4.57 Å². The van der Waals surface area contributed by atoms with Crippen molar-refractivity contribution in [2.24, 2.45) is 18.7 Å². The second-order valence-corrected chi connectivity index (χ2v) is 5.03. The summed E-state index contributed by atoms with van der Waals surface area (Å²) in [6.45, 7) is 0. The molecule has 1 saturated carbocycles. The molecule has 4 nitrogen and oxygen atoms in total. The van der Waals surface area contributed by atoms with E-state index >= 15 is 0 Å². The van der Waals surface area contributed by atoms with Crippen LogP contribution in [0, 0.1) is 5.92 Å². The topological polar surface area (TPSA) is 61.2 Å². The maximum absolute atomic E-state index is 11.4. The maximum Gasteiger partial charge on any atom is 0.419 e. The van der Waals surface area contributed by atoms with Gasteiger partial charge in [0.15, 0.2) is 5.58 Å². The van der Waals surface area contributed by atoms with Crippen molar-refractivity contribution in [3.63, 3.8) is 0 Å². The van der Waals surface area contributed by atoms with E-state index in [0.717, 1.165) is 24.8 Å². The maximum atomic E-state index is 11.4. The molecule has 0 amide bonds. The van der Waals surface area contributed by atoms with Crippen LogP contribution >= 0.6 is 0 Å². The Morgan fingerprint density at radius 3 is 2.94 bits per heavy atom. The van der Waals surface area contributed by atoms with E-state index in [4.69, 9.17) is 10.2 Å². The summed E-state index contributed by atoms with van der Waals surface area (Å²) < 4.78 is 6.65. The van der Waals surface area contributed by atoms with Crippen LogP contribution in [0.25, 0.3) is 11.1 Å². The Kier molecular flexibility index (Phi) is 2.33. The molecule has 0 bridgehead atoms. The molecule has 0 spiro atoms. The Morgan fingerprint density at radius 2 is 2.24 bits per heavy atom. The van der Waals surface area contributed by atoms with Gasteiger partial charge in [-0.25, -0.2) is 4.79 Å². The number of nitrogens with zero attached hydrogens (tertiary/aromatic N) is 1. The number of hydrogen-bond acceptors (Lipinski definition) is 3. The smallest absolute Gasteiger partial charge is 0.408 e. The van der Waals surface area contributed by atoms with Crippen LogP contribution in [-0.4, -0.2) is 10.6 Å². The van der Waals surface area contributed by atoms with Crippen molar-refractivity contribution in [2.45, 2.75) is 25.3 Å². The molecule has 0 unspecified atom stereocenters. The molecule has 0 aliphatic heterocycles. The van der Waals surface area contributed by atoms with E-state index in [1.165, 1.54) is 5.56 Å². The van der Waals surface area contributed by atoms with Crippen LogP contribution in [0.15, 0.2) is 27.4 Å². The minimum Gasteiger partial charge on any atom is -0.408 e. The lowest BCUT2D eigenvalue weighted by atomic mass is 9.77. The fraction of sp³-hybridized carbons (Fsp3) is 0.462. The lowest BCUT2D eigenvalue weighted by molar-refractivity contribution is 0.264. The molecule has 4 heteroatoms. The van der Waals surface area contributed by atoms with Gasteiger partial charge in [0.25, 0.3) is 0 Å².